The Kier molecular flexibility index (Phi) is 2.58. The zero-order valence-corrected chi connectivity index (χ0v) is 6.42. The van der Waals surface area contributed by atoms with Gasteiger partial charge >= 0.3 is 6.18 Å². The second kappa shape index (κ2) is 3.35. The lowest BCUT2D eigenvalue weighted by Crippen LogP contribution is -2.05. The van der Waals surface area contributed by atoms with Gasteiger partial charge in [-0.3, -0.25) is 0 Å². The van der Waals surface area contributed by atoms with E-state index in [9.17, 15) is 13.2 Å². The van der Waals surface area contributed by atoms with Crippen LogP contribution in [0.5, 0.6) is 0 Å². The van der Waals surface area contributed by atoms with Crippen molar-refractivity contribution in [3.63, 3.8) is 0 Å². The van der Waals surface area contributed by atoms with Gasteiger partial charge < -0.3 is 10.2 Å². The van der Waals surface area contributed by atoms with Crippen LogP contribution in [0.15, 0.2) is 24.3 Å². The quantitative estimate of drug-likeness (QED) is 0.664. The zero-order chi connectivity index (χ0) is 10.1. The molecule has 0 radical (unpaired) electrons. The normalized spacial score (nSPS) is 12.2. The smallest absolute Gasteiger partial charge is 0.364 e. The summed E-state index contributed by atoms with van der Waals surface area (Å²) < 4.78 is 36.0. The second-order valence-electron chi connectivity index (χ2n) is 2.49. The van der Waals surface area contributed by atoms with Crippen LogP contribution in [0.3, 0.4) is 0 Å². The van der Waals surface area contributed by atoms with Crippen molar-refractivity contribution in [2.75, 3.05) is 0 Å². The van der Waals surface area contributed by atoms with Crippen LogP contribution in [0, 0.1) is 0 Å². The first-order valence-corrected chi connectivity index (χ1v) is 3.44. The molecule has 0 aliphatic heterocycles. The van der Waals surface area contributed by atoms with Gasteiger partial charge in [0.25, 0.3) is 0 Å². The minimum absolute atomic E-state index is 0.0352. The van der Waals surface area contributed by atoms with Crippen LogP contribution in [0.25, 0.3) is 0 Å². The highest BCUT2D eigenvalue weighted by Gasteiger charge is 2.30. The molecule has 0 bridgehead atoms. The average molecular weight is 192 g/mol. The van der Waals surface area contributed by atoms with Crippen molar-refractivity contribution in [1.82, 2.24) is 0 Å². The first kappa shape index (κ1) is 10.0. The number of rotatable bonds is 1. The summed E-state index contributed by atoms with van der Waals surface area (Å²) in [5.74, 6) is 0. The van der Waals surface area contributed by atoms with E-state index in [1.807, 2.05) is 0 Å². The van der Waals surface area contributed by atoms with E-state index in [0.29, 0.717) is 0 Å². The Labute approximate surface area is 72.2 Å². The molecule has 0 amide bonds. The number of aliphatic hydroxyl groups excluding tert-OH is 1. The summed E-state index contributed by atoms with van der Waals surface area (Å²) >= 11 is 0. The van der Waals surface area contributed by atoms with Crippen molar-refractivity contribution in [1.29, 1.82) is 0 Å². The van der Waals surface area contributed by atoms with E-state index < -0.39 is 18.0 Å². The molecule has 0 heterocycles. The fourth-order valence-corrected chi connectivity index (χ4v) is 0.844. The number of hydrogen-bond donors (Lipinski definition) is 2. The van der Waals surface area contributed by atoms with E-state index >= 15 is 0 Å². The van der Waals surface area contributed by atoms with Gasteiger partial charge in [0.05, 0.1) is 5.56 Å². The van der Waals surface area contributed by atoms with E-state index in [1.54, 1.807) is 0 Å². The Bertz CT molecular complexity index is 276. The molecular weight excluding hydrogens is 185 g/mol. The summed E-state index contributed by atoms with van der Waals surface area (Å²) in [5, 5.41) is 17.2. The topological polar surface area (TPSA) is 40.5 Å². The van der Waals surface area contributed by atoms with Crippen molar-refractivity contribution in [3.05, 3.63) is 35.4 Å². The molecule has 2 nitrogen and oxygen atoms in total. The summed E-state index contributed by atoms with van der Waals surface area (Å²) in [6, 6.07) is 3.64. The van der Waals surface area contributed by atoms with Gasteiger partial charge in [0, 0.05) is 5.56 Å². The van der Waals surface area contributed by atoms with Crippen LogP contribution in [0.4, 0.5) is 13.2 Å². The molecule has 0 aliphatic carbocycles. The molecule has 0 unspecified atom stereocenters. The highest BCUT2D eigenvalue weighted by atomic mass is 19.4. The molecular formula is C8H7F3O2. The average Bonchev–Trinajstić information content (AvgIpc) is 2.03. The Morgan fingerprint density at radius 2 is 1.46 bits per heavy atom. The molecule has 0 spiro atoms. The second-order valence-corrected chi connectivity index (χ2v) is 2.49. The molecule has 1 aromatic rings. The SMILES string of the molecule is OC(O)c1ccc(C(F)(F)F)cc1. The van der Waals surface area contributed by atoms with Crippen molar-refractivity contribution >= 4 is 0 Å². The number of halogens is 3. The van der Waals surface area contributed by atoms with E-state index in [-0.39, 0.29) is 5.56 Å². The van der Waals surface area contributed by atoms with E-state index in [1.165, 1.54) is 0 Å². The van der Waals surface area contributed by atoms with Crippen LogP contribution >= 0.6 is 0 Å². The molecule has 1 aromatic carbocycles. The molecule has 0 aliphatic rings. The Morgan fingerprint density at radius 3 is 1.77 bits per heavy atom. The molecule has 0 aromatic heterocycles. The summed E-state index contributed by atoms with van der Waals surface area (Å²) in [6.45, 7) is 0. The van der Waals surface area contributed by atoms with Crippen LogP contribution in [-0.2, 0) is 6.18 Å². The van der Waals surface area contributed by atoms with Crippen LogP contribution in [0.2, 0.25) is 0 Å². The first-order valence-electron chi connectivity index (χ1n) is 3.44. The summed E-state index contributed by atoms with van der Waals surface area (Å²) in [6.07, 6.45) is -6.12. The third-order valence-corrected chi connectivity index (χ3v) is 1.54. The van der Waals surface area contributed by atoms with Crippen molar-refractivity contribution in [3.8, 4) is 0 Å². The largest absolute Gasteiger partial charge is 0.416 e. The Balaban J connectivity index is 2.94. The van der Waals surface area contributed by atoms with Gasteiger partial charge in [0.2, 0.25) is 0 Å². The van der Waals surface area contributed by atoms with Crippen LogP contribution < -0.4 is 0 Å². The lowest BCUT2D eigenvalue weighted by molar-refractivity contribution is -0.137. The van der Waals surface area contributed by atoms with Gasteiger partial charge in [0.15, 0.2) is 6.29 Å². The Morgan fingerprint density at radius 1 is 1.00 bits per heavy atom. The highest BCUT2D eigenvalue weighted by Crippen LogP contribution is 2.29. The third-order valence-electron chi connectivity index (χ3n) is 1.54. The maximum absolute atomic E-state index is 12.0. The summed E-state index contributed by atoms with van der Waals surface area (Å²) in [5.41, 5.74) is -0.773. The predicted molar refractivity (Wildman–Crippen MR) is 38.6 cm³/mol. The number of aliphatic hydroxyl groups is 2. The van der Waals surface area contributed by atoms with Crippen LogP contribution in [0.1, 0.15) is 17.4 Å². The van der Waals surface area contributed by atoms with Gasteiger partial charge in [-0.2, -0.15) is 13.2 Å². The molecule has 13 heavy (non-hydrogen) atoms. The molecule has 72 valence electrons. The number of hydrogen-bond acceptors (Lipinski definition) is 2. The molecule has 5 heteroatoms. The molecule has 0 saturated heterocycles. The van der Waals surface area contributed by atoms with Gasteiger partial charge in [-0.15, -0.1) is 0 Å². The fraction of sp³-hybridized carbons (Fsp3) is 0.250. The van der Waals surface area contributed by atoms with Crippen molar-refractivity contribution in [2.45, 2.75) is 12.5 Å². The lowest BCUT2D eigenvalue weighted by atomic mass is 10.1. The maximum atomic E-state index is 12.0. The lowest BCUT2D eigenvalue weighted by Gasteiger charge is -2.08. The summed E-state index contributed by atoms with van der Waals surface area (Å²) in [4.78, 5) is 0. The predicted octanol–water partition coefficient (Wildman–Crippen LogP) is 1.69. The third kappa shape index (κ3) is 2.43. The van der Waals surface area contributed by atoms with Gasteiger partial charge in [0.1, 0.15) is 0 Å². The monoisotopic (exact) mass is 192 g/mol. The highest BCUT2D eigenvalue weighted by molar-refractivity contribution is 5.24. The Hall–Kier alpha value is -1.07. The molecule has 0 atom stereocenters. The van der Waals surface area contributed by atoms with Gasteiger partial charge in [-0.1, -0.05) is 12.1 Å². The summed E-state index contributed by atoms with van der Waals surface area (Å²) in [7, 11) is 0. The molecule has 0 fully saturated rings. The van der Waals surface area contributed by atoms with E-state index in [4.69, 9.17) is 10.2 Å². The van der Waals surface area contributed by atoms with Gasteiger partial charge in [-0.25, -0.2) is 0 Å². The minimum atomic E-state index is -4.39. The maximum Gasteiger partial charge on any atom is 0.416 e. The van der Waals surface area contributed by atoms with Crippen molar-refractivity contribution < 1.29 is 23.4 Å². The zero-order valence-electron chi connectivity index (χ0n) is 6.42. The first-order chi connectivity index (χ1) is 5.91. The van der Waals surface area contributed by atoms with E-state index in [2.05, 4.69) is 0 Å². The molecule has 0 saturated carbocycles. The molecule has 1 rings (SSSR count). The number of benzene rings is 1. The standard InChI is InChI=1S/C8H7F3O2/c9-8(10,11)6-3-1-5(2-4-6)7(12)13/h1-4,7,12-13H. The molecule has 2 N–H and O–H groups in total. The minimum Gasteiger partial charge on any atom is -0.364 e. The number of alkyl halides is 3. The van der Waals surface area contributed by atoms with Gasteiger partial charge in [-0.05, 0) is 12.1 Å². The van der Waals surface area contributed by atoms with E-state index in [0.717, 1.165) is 24.3 Å². The van der Waals surface area contributed by atoms with Crippen molar-refractivity contribution in [2.24, 2.45) is 0 Å². The van der Waals surface area contributed by atoms with Crippen LogP contribution in [-0.4, -0.2) is 10.2 Å². The fourth-order valence-electron chi connectivity index (χ4n) is 0.844.